The zero-order chi connectivity index (χ0) is 15.0. The predicted octanol–water partition coefficient (Wildman–Crippen LogP) is 0.558. The van der Waals surface area contributed by atoms with E-state index >= 15 is 0 Å². The van der Waals surface area contributed by atoms with E-state index in [0.29, 0.717) is 11.2 Å². The normalized spacial score (nSPS) is 23.4. The molecule has 1 aliphatic rings. The van der Waals surface area contributed by atoms with E-state index in [4.69, 9.17) is 20.1 Å². The van der Waals surface area contributed by atoms with Gasteiger partial charge in [0.2, 0.25) is 8.03 Å². The van der Waals surface area contributed by atoms with Crippen molar-refractivity contribution in [3.8, 4) is 0 Å². The fourth-order valence-corrected chi connectivity index (χ4v) is 2.23. The van der Waals surface area contributed by atoms with Crippen LogP contribution in [0.1, 0.15) is 6.23 Å². The molecule has 3 N–H and O–H groups in total. The third-order valence-corrected chi connectivity index (χ3v) is 3.22. The number of fused-ring (bicyclic) bond motifs is 1. The van der Waals surface area contributed by atoms with Gasteiger partial charge in [0.05, 0.1) is 6.33 Å². The highest BCUT2D eigenvalue weighted by atomic mass is 31.1. The molecule has 1 aliphatic heterocycles. The maximum Gasteiger partial charge on any atom is 0.214 e. The number of nitrogens with zero attached hydrogens (tertiary/aromatic N) is 4. The van der Waals surface area contributed by atoms with Crippen molar-refractivity contribution < 1.29 is 23.3 Å². The summed E-state index contributed by atoms with van der Waals surface area (Å²) in [6.07, 6.45) is 1.06. The fourth-order valence-electron chi connectivity index (χ4n) is 1.92. The lowest BCUT2D eigenvalue weighted by Gasteiger charge is -2.15. The van der Waals surface area contributed by atoms with Gasteiger partial charge in [-0.1, -0.05) is 0 Å². The summed E-state index contributed by atoms with van der Waals surface area (Å²) in [7, 11) is -2.81. The van der Waals surface area contributed by atoms with Gasteiger partial charge in [0.1, 0.15) is 18.2 Å². The zero-order valence-electron chi connectivity index (χ0n) is 10.5. The first kappa shape index (κ1) is 14.1. The van der Waals surface area contributed by atoms with Crippen LogP contribution in [0.2, 0.25) is 0 Å². The van der Waals surface area contributed by atoms with Gasteiger partial charge in [-0.05, 0) is 0 Å². The third kappa shape index (κ3) is 2.66. The van der Waals surface area contributed by atoms with E-state index in [1.165, 1.54) is 17.2 Å². The molecule has 0 amide bonds. The van der Waals surface area contributed by atoms with Crippen LogP contribution in [-0.2, 0) is 14.0 Å². The maximum atomic E-state index is 14.0. The van der Waals surface area contributed by atoms with E-state index in [1.54, 1.807) is 0 Å². The maximum absolute atomic E-state index is 14.0. The number of imidazole rings is 1. The van der Waals surface area contributed by atoms with E-state index in [-0.39, 0.29) is 5.82 Å². The van der Waals surface area contributed by atoms with Crippen molar-refractivity contribution in [1.29, 1.82) is 0 Å². The van der Waals surface area contributed by atoms with Gasteiger partial charge in [0, 0.05) is 6.08 Å². The molecule has 9 nitrogen and oxygen atoms in total. The van der Waals surface area contributed by atoms with Crippen LogP contribution in [0.4, 0.5) is 10.2 Å². The number of nitrogens with two attached hydrogens (primary N) is 1. The smallest absolute Gasteiger partial charge is 0.214 e. The van der Waals surface area contributed by atoms with E-state index < -0.39 is 32.7 Å². The van der Waals surface area contributed by atoms with E-state index in [2.05, 4.69) is 15.0 Å². The monoisotopic (exact) mass is 315 g/mol. The second-order valence-electron chi connectivity index (χ2n) is 4.20. The molecule has 3 heterocycles. The number of anilines is 1. The minimum absolute atomic E-state index is 0.174. The van der Waals surface area contributed by atoms with Crippen molar-refractivity contribution in [3.05, 3.63) is 24.6 Å². The number of hydrogen-bond donors (Lipinski definition) is 2. The lowest BCUT2D eigenvalue weighted by molar-refractivity contribution is -0.128. The van der Waals surface area contributed by atoms with Crippen LogP contribution in [0.25, 0.3) is 11.2 Å². The Kier molecular flexibility index (Phi) is 3.68. The Morgan fingerprint density at radius 3 is 3.10 bits per heavy atom. The number of aromatic nitrogens is 4. The zero-order valence-corrected chi connectivity index (χ0v) is 11.5. The van der Waals surface area contributed by atoms with Crippen LogP contribution in [0.3, 0.4) is 0 Å². The molecular formula is C10H11FN5O4P. The average molecular weight is 315 g/mol. The fraction of sp³-hybridized carbons (Fsp3) is 0.300. The van der Waals surface area contributed by atoms with Crippen LogP contribution in [0, 0.1) is 0 Å². The second-order valence-corrected chi connectivity index (χ2v) is 5.27. The first-order valence-corrected chi connectivity index (χ1v) is 7.41. The molecule has 0 fully saturated rings. The van der Waals surface area contributed by atoms with Gasteiger partial charge in [0.15, 0.2) is 29.8 Å². The molecular weight excluding hydrogens is 304 g/mol. The van der Waals surface area contributed by atoms with Crippen LogP contribution in [-0.4, -0.2) is 37.1 Å². The van der Waals surface area contributed by atoms with Crippen LogP contribution in [0.15, 0.2) is 24.6 Å². The minimum Gasteiger partial charge on any atom is -0.382 e. The Morgan fingerprint density at radius 1 is 1.52 bits per heavy atom. The Morgan fingerprint density at radius 2 is 2.33 bits per heavy atom. The Bertz CT molecular complexity index is 735. The molecule has 0 spiro atoms. The lowest BCUT2D eigenvalue weighted by atomic mass is 10.4. The van der Waals surface area contributed by atoms with Crippen molar-refractivity contribution in [2.45, 2.75) is 12.5 Å². The Labute approximate surface area is 118 Å². The summed E-state index contributed by atoms with van der Waals surface area (Å²) < 4.78 is 36.2. The molecule has 0 aromatic carbocycles. The van der Waals surface area contributed by atoms with Crippen molar-refractivity contribution in [2.24, 2.45) is 0 Å². The molecule has 0 bridgehead atoms. The summed E-state index contributed by atoms with van der Waals surface area (Å²) in [5.41, 5.74) is 6.30. The van der Waals surface area contributed by atoms with Gasteiger partial charge < -0.3 is 20.1 Å². The van der Waals surface area contributed by atoms with Gasteiger partial charge in [-0.2, -0.15) is 0 Å². The highest BCUT2D eigenvalue weighted by molar-refractivity contribution is 7.37. The largest absolute Gasteiger partial charge is 0.382 e. The third-order valence-electron chi connectivity index (χ3n) is 2.81. The molecule has 1 unspecified atom stereocenters. The van der Waals surface area contributed by atoms with Crippen molar-refractivity contribution >= 4 is 25.0 Å². The molecule has 3 atom stereocenters. The number of halogens is 1. The SMILES string of the molecule is Nc1ncnc2c1ncn2[C@@H]1O[C@H](OC[PH](=O)O)C=C1F. The molecule has 2 aromatic rings. The highest BCUT2D eigenvalue weighted by Gasteiger charge is 2.31. The molecule has 112 valence electrons. The Balaban J connectivity index is 1.85. The minimum atomic E-state index is -2.81. The summed E-state index contributed by atoms with van der Waals surface area (Å²) in [4.78, 5) is 20.5. The standard InChI is InChI=1S/C10H11FN5O4P/c11-5-1-6(19-4-21(17)18)20-10(5)16-3-15-7-8(12)13-2-14-9(7)16/h1-3,6,10,21H,4H2,(H,17,18)(H2,12,13,14)/t6-,10+/m0/s1. The number of nitrogen functional groups attached to an aromatic ring is 1. The topological polar surface area (TPSA) is 125 Å². The molecule has 21 heavy (non-hydrogen) atoms. The summed E-state index contributed by atoms with van der Waals surface area (Å²) >= 11 is 0. The molecule has 0 aliphatic carbocycles. The molecule has 0 saturated carbocycles. The number of ether oxygens (including phenoxy) is 2. The lowest BCUT2D eigenvalue weighted by Crippen LogP contribution is -2.16. The number of rotatable bonds is 4. The van der Waals surface area contributed by atoms with E-state index in [0.717, 1.165) is 6.08 Å². The van der Waals surface area contributed by atoms with E-state index in [1.807, 2.05) is 0 Å². The van der Waals surface area contributed by atoms with Gasteiger partial charge in [-0.3, -0.25) is 9.13 Å². The summed E-state index contributed by atoms with van der Waals surface area (Å²) in [5, 5.41) is 0. The molecule has 11 heteroatoms. The molecule has 3 rings (SSSR count). The van der Waals surface area contributed by atoms with Crippen molar-refractivity contribution in [3.63, 3.8) is 0 Å². The van der Waals surface area contributed by atoms with Crippen molar-refractivity contribution in [2.75, 3.05) is 12.1 Å². The summed E-state index contributed by atoms with van der Waals surface area (Å²) in [5.74, 6) is -0.443. The first-order chi connectivity index (χ1) is 10.1. The second kappa shape index (κ2) is 5.49. The number of hydrogen-bond acceptors (Lipinski definition) is 7. The quantitative estimate of drug-likeness (QED) is 0.784. The van der Waals surface area contributed by atoms with Crippen LogP contribution >= 0.6 is 8.03 Å². The van der Waals surface area contributed by atoms with Gasteiger partial charge in [0.25, 0.3) is 0 Å². The van der Waals surface area contributed by atoms with Crippen LogP contribution < -0.4 is 5.73 Å². The Hall–Kier alpha value is -1.87. The molecule has 0 saturated heterocycles. The molecule has 0 radical (unpaired) electrons. The van der Waals surface area contributed by atoms with Gasteiger partial charge >= 0.3 is 0 Å². The van der Waals surface area contributed by atoms with Gasteiger partial charge in [-0.15, -0.1) is 0 Å². The van der Waals surface area contributed by atoms with Crippen molar-refractivity contribution in [1.82, 2.24) is 19.5 Å². The summed E-state index contributed by atoms with van der Waals surface area (Å²) in [6.45, 7) is 0. The average Bonchev–Trinajstić information content (AvgIpc) is 3.01. The molecule has 2 aromatic heterocycles. The predicted molar refractivity (Wildman–Crippen MR) is 70.0 cm³/mol. The van der Waals surface area contributed by atoms with Crippen LogP contribution in [0.5, 0.6) is 0 Å². The van der Waals surface area contributed by atoms with E-state index in [9.17, 15) is 8.96 Å². The first-order valence-electron chi connectivity index (χ1n) is 5.85. The highest BCUT2D eigenvalue weighted by Crippen LogP contribution is 2.33. The summed E-state index contributed by atoms with van der Waals surface area (Å²) in [6, 6.07) is 0. The van der Waals surface area contributed by atoms with Gasteiger partial charge in [-0.25, -0.2) is 19.3 Å².